The van der Waals surface area contributed by atoms with Crippen LogP contribution in [0.5, 0.6) is 0 Å². The molecule has 0 aromatic heterocycles. The second kappa shape index (κ2) is 10.0. The second-order valence-electron chi connectivity index (χ2n) is 8.30. The van der Waals surface area contributed by atoms with Gasteiger partial charge < -0.3 is 10.1 Å². The number of carbonyl (C=O) groups is 1. The Morgan fingerprint density at radius 1 is 1.00 bits per heavy atom. The predicted octanol–water partition coefficient (Wildman–Crippen LogP) is 1.94. The van der Waals surface area contributed by atoms with Crippen LogP contribution in [0.15, 0.2) is 48.5 Å². The lowest BCUT2D eigenvalue weighted by Gasteiger charge is -2.45. The largest absolute Gasteiger partial charge is 0.370 e. The fourth-order valence-corrected chi connectivity index (χ4v) is 4.27. The standard InChI is InChI=1S/C24H27FN4O2/c25-21-7-5-18(6-8-21)9-10-28-13-22-15-29(16-23(14-28)31-22)17-24(30)27-12-20-3-1-19(11-26)2-4-20/h1-8,22-23H,9-10,12-17H2,(H,27,30). The number of hydrogen-bond acceptors (Lipinski definition) is 5. The number of amides is 1. The van der Waals surface area contributed by atoms with Crippen molar-refractivity contribution in [3.63, 3.8) is 0 Å². The summed E-state index contributed by atoms with van der Waals surface area (Å²) in [6, 6.07) is 16.0. The third-order valence-electron chi connectivity index (χ3n) is 5.80. The Morgan fingerprint density at radius 2 is 1.61 bits per heavy atom. The van der Waals surface area contributed by atoms with E-state index >= 15 is 0 Å². The molecule has 1 amide bonds. The van der Waals surface area contributed by atoms with Crippen LogP contribution in [-0.2, 0) is 22.5 Å². The van der Waals surface area contributed by atoms with Crippen molar-refractivity contribution >= 4 is 5.91 Å². The molecule has 7 heteroatoms. The van der Waals surface area contributed by atoms with Gasteiger partial charge in [-0.05, 0) is 41.8 Å². The lowest BCUT2D eigenvalue weighted by molar-refractivity contribution is -0.144. The molecule has 2 aliphatic heterocycles. The number of hydrogen-bond donors (Lipinski definition) is 1. The number of benzene rings is 2. The quantitative estimate of drug-likeness (QED) is 0.739. The number of rotatable bonds is 7. The normalized spacial score (nSPS) is 21.4. The average molecular weight is 423 g/mol. The zero-order chi connectivity index (χ0) is 21.6. The van der Waals surface area contributed by atoms with Crippen molar-refractivity contribution in [2.24, 2.45) is 0 Å². The first-order chi connectivity index (χ1) is 15.1. The molecular weight excluding hydrogens is 395 g/mol. The minimum Gasteiger partial charge on any atom is -0.370 e. The highest BCUT2D eigenvalue weighted by Gasteiger charge is 2.35. The third kappa shape index (κ3) is 6.11. The second-order valence-corrected chi connectivity index (χ2v) is 8.30. The maximum absolute atomic E-state index is 13.1. The zero-order valence-corrected chi connectivity index (χ0v) is 17.5. The van der Waals surface area contributed by atoms with Crippen LogP contribution in [0.3, 0.4) is 0 Å². The van der Waals surface area contributed by atoms with Crippen LogP contribution in [0.25, 0.3) is 0 Å². The Hall–Kier alpha value is -2.79. The van der Waals surface area contributed by atoms with Crippen molar-refractivity contribution in [2.75, 3.05) is 39.3 Å². The first-order valence-corrected chi connectivity index (χ1v) is 10.7. The van der Waals surface area contributed by atoms with Gasteiger partial charge in [-0.2, -0.15) is 5.26 Å². The van der Waals surface area contributed by atoms with E-state index < -0.39 is 0 Å². The molecule has 4 rings (SSSR count). The SMILES string of the molecule is N#Cc1ccc(CNC(=O)CN2CC3CN(CCc4ccc(F)cc4)CC(C2)O3)cc1. The number of halogens is 1. The van der Waals surface area contributed by atoms with Gasteiger partial charge >= 0.3 is 0 Å². The van der Waals surface area contributed by atoms with Crippen LogP contribution < -0.4 is 5.32 Å². The monoisotopic (exact) mass is 422 g/mol. The highest BCUT2D eigenvalue weighted by Crippen LogP contribution is 2.19. The predicted molar refractivity (Wildman–Crippen MR) is 115 cm³/mol. The van der Waals surface area contributed by atoms with Gasteiger partial charge in [-0.1, -0.05) is 24.3 Å². The van der Waals surface area contributed by atoms with Gasteiger partial charge in [0.1, 0.15) is 5.82 Å². The fourth-order valence-electron chi connectivity index (χ4n) is 4.27. The molecule has 6 nitrogen and oxygen atoms in total. The molecule has 2 atom stereocenters. The van der Waals surface area contributed by atoms with Crippen LogP contribution in [0.1, 0.15) is 16.7 Å². The van der Waals surface area contributed by atoms with E-state index in [1.807, 2.05) is 24.3 Å². The first kappa shape index (κ1) is 21.4. The van der Waals surface area contributed by atoms with Crippen molar-refractivity contribution in [1.82, 2.24) is 15.1 Å². The lowest BCUT2D eigenvalue weighted by atomic mass is 10.1. The van der Waals surface area contributed by atoms with Crippen molar-refractivity contribution < 1.29 is 13.9 Å². The number of nitrogens with zero attached hydrogens (tertiary/aromatic N) is 3. The van der Waals surface area contributed by atoms with Crippen LogP contribution in [0, 0.1) is 17.1 Å². The maximum atomic E-state index is 13.1. The van der Waals surface area contributed by atoms with E-state index in [9.17, 15) is 9.18 Å². The minimum absolute atomic E-state index is 0.00232. The van der Waals surface area contributed by atoms with Crippen LogP contribution in [0.2, 0.25) is 0 Å². The van der Waals surface area contributed by atoms with Gasteiger partial charge in [0.15, 0.2) is 0 Å². The molecule has 2 bridgehead atoms. The summed E-state index contributed by atoms with van der Waals surface area (Å²) in [7, 11) is 0. The first-order valence-electron chi connectivity index (χ1n) is 10.7. The molecule has 2 fully saturated rings. The number of carbonyl (C=O) groups excluding carboxylic acids is 1. The molecule has 0 radical (unpaired) electrons. The van der Waals surface area contributed by atoms with Crippen LogP contribution in [0.4, 0.5) is 4.39 Å². The maximum Gasteiger partial charge on any atom is 0.234 e. The molecule has 31 heavy (non-hydrogen) atoms. The van der Waals surface area contributed by atoms with Crippen molar-refractivity contribution in [2.45, 2.75) is 25.2 Å². The average Bonchev–Trinajstić information content (AvgIpc) is 2.77. The highest BCUT2D eigenvalue weighted by molar-refractivity contribution is 5.78. The number of fused-ring (bicyclic) bond motifs is 2. The number of nitrogens with one attached hydrogen (secondary N) is 1. The van der Waals surface area contributed by atoms with Crippen molar-refractivity contribution in [1.29, 1.82) is 5.26 Å². The molecule has 0 spiro atoms. The van der Waals surface area contributed by atoms with E-state index in [0.717, 1.165) is 50.3 Å². The lowest BCUT2D eigenvalue weighted by Crippen LogP contribution is -2.60. The van der Waals surface area contributed by atoms with Crippen LogP contribution in [-0.4, -0.2) is 67.2 Å². The minimum atomic E-state index is -0.203. The summed E-state index contributed by atoms with van der Waals surface area (Å²) in [6.45, 7) is 4.93. The van der Waals surface area contributed by atoms with E-state index in [2.05, 4.69) is 21.2 Å². The molecule has 0 saturated carbocycles. The summed E-state index contributed by atoms with van der Waals surface area (Å²) in [4.78, 5) is 17.0. The van der Waals surface area contributed by atoms with E-state index in [0.29, 0.717) is 18.7 Å². The van der Waals surface area contributed by atoms with Crippen molar-refractivity contribution in [3.05, 3.63) is 71.0 Å². The highest BCUT2D eigenvalue weighted by atomic mass is 19.1. The van der Waals surface area contributed by atoms with Gasteiger partial charge in [0.05, 0.1) is 30.4 Å². The van der Waals surface area contributed by atoms with Gasteiger partial charge in [0.2, 0.25) is 5.91 Å². The summed E-state index contributed by atoms with van der Waals surface area (Å²) < 4.78 is 19.1. The van der Waals surface area contributed by atoms with Crippen LogP contribution >= 0.6 is 0 Å². The molecule has 2 heterocycles. The smallest absolute Gasteiger partial charge is 0.234 e. The third-order valence-corrected chi connectivity index (χ3v) is 5.80. The topological polar surface area (TPSA) is 68.6 Å². The van der Waals surface area contributed by atoms with E-state index in [1.54, 1.807) is 12.1 Å². The molecule has 2 saturated heterocycles. The van der Waals surface area contributed by atoms with Gasteiger partial charge in [0, 0.05) is 39.3 Å². The molecule has 2 aromatic rings. The van der Waals surface area contributed by atoms with E-state index in [-0.39, 0.29) is 23.9 Å². The molecule has 162 valence electrons. The Labute approximate surface area is 182 Å². The van der Waals surface area contributed by atoms with Gasteiger partial charge in [-0.3, -0.25) is 14.6 Å². The van der Waals surface area contributed by atoms with E-state index in [1.165, 1.54) is 12.1 Å². The van der Waals surface area contributed by atoms with Gasteiger partial charge in [-0.25, -0.2) is 4.39 Å². The Balaban J connectivity index is 1.20. The summed E-state index contributed by atoms with van der Waals surface area (Å²) in [5.41, 5.74) is 2.73. The van der Waals surface area contributed by atoms with Crippen molar-refractivity contribution in [3.8, 4) is 6.07 Å². The summed E-state index contributed by atoms with van der Waals surface area (Å²) in [6.07, 6.45) is 1.10. The summed E-state index contributed by atoms with van der Waals surface area (Å²) >= 11 is 0. The molecule has 2 aromatic carbocycles. The molecule has 0 aliphatic carbocycles. The Morgan fingerprint density at radius 3 is 2.26 bits per heavy atom. The van der Waals surface area contributed by atoms with Gasteiger partial charge in [0.25, 0.3) is 0 Å². The zero-order valence-electron chi connectivity index (χ0n) is 17.5. The van der Waals surface area contributed by atoms with E-state index in [4.69, 9.17) is 10.00 Å². The number of ether oxygens (including phenoxy) is 1. The fraction of sp³-hybridized carbons (Fsp3) is 0.417. The molecule has 2 unspecified atom stereocenters. The van der Waals surface area contributed by atoms with Gasteiger partial charge in [-0.15, -0.1) is 0 Å². The number of nitriles is 1. The molecule has 2 aliphatic rings. The Bertz CT molecular complexity index is 912. The summed E-state index contributed by atoms with van der Waals surface area (Å²) in [5.74, 6) is -0.205. The molecule has 1 N–H and O–H groups in total. The molecular formula is C24H27FN4O2. The summed E-state index contributed by atoms with van der Waals surface area (Å²) in [5, 5.41) is 11.8. The Kier molecular flexibility index (Phi) is 6.92. The number of morpholine rings is 2.